The van der Waals surface area contributed by atoms with Crippen LogP contribution in [0, 0.1) is 0 Å². The SMILES string of the molecule is CCCOc1ccc(C(O)=C2C(=O)C(=O)N(Cc3cccnc3)[C@@H]2c2ccc(OC)cc2OC)cc1. The number of methoxy groups -OCH3 is 2. The second-order valence-electron chi connectivity index (χ2n) is 8.27. The Bertz CT molecular complexity index is 1270. The highest BCUT2D eigenvalue weighted by Crippen LogP contribution is 2.44. The Morgan fingerprint density at radius 3 is 2.42 bits per heavy atom. The van der Waals surface area contributed by atoms with Gasteiger partial charge in [0, 0.05) is 36.1 Å². The van der Waals surface area contributed by atoms with Crippen LogP contribution in [0.5, 0.6) is 17.2 Å². The Morgan fingerprint density at radius 1 is 1.03 bits per heavy atom. The molecule has 8 heteroatoms. The van der Waals surface area contributed by atoms with Gasteiger partial charge in [-0.1, -0.05) is 13.0 Å². The normalized spacial score (nSPS) is 16.8. The standard InChI is InChI=1S/C28H28N2O6/c1-4-14-36-20-9-7-19(8-10-20)26(31)24-25(22-12-11-21(34-2)15-23(22)35-3)30(28(33)27(24)32)17-18-6-5-13-29-16-18/h5-13,15-16,25,31H,4,14,17H2,1-3H3/t25-/m1/s1. The number of ether oxygens (including phenoxy) is 3. The second-order valence-corrected chi connectivity index (χ2v) is 8.27. The Morgan fingerprint density at radius 2 is 1.78 bits per heavy atom. The van der Waals surface area contributed by atoms with Crippen LogP contribution in [0.4, 0.5) is 0 Å². The van der Waals surface area contributed by atoms with E-state index in [4.69, 9.17) is 14.2 Å². The molecule has 0 unspecified atom stereocenters. The van der Waals surface area contributed by atoms with Gasteiger partial charge in [0.15, 0.2) is 0 Å². The molecule has 3 aromatic rings. The summed E-state index contributed by atoms with van der Waals surface area (Å²) in [4.78, 5) is 32.1. The number of aliphatic hydroxyl groups is 1. The van der Waals surface area contributed by atoms with Gasteiger partial charge in [-0.05, 0) is 54.4 Å². The van der Waals surface area contributed by atoms with Crippen molar-refractivity contribution in [3.05, 3.63) is 89.3 Å². The predicted molar refractivity (Wildman–Crippen MR) is 134 cm³/mol. The summed E-state index contributed by atoms with van der Waals surface area (Å²) in [6, 6.07) is 14.6. The molecule has 1 aliphatic rings. The molecular weight excluding hydrogens is 460 g/mol. The minimum absolute atomic E-state index is 0.0189. The van der Waals surface area contributed by atoms with E-state index in [-0.39, 0.29) is 17.9 Å². The van der Waals surface area contributed by atoms with Crippen molar-refractivity contribution in [1.29, 1.82) is 0 Å². The third-order valence-corrected chi connectivity index (χ3v) is 5.95. The number of hydrogen-bond donors (Lipinski definition) is 1. The van der Waals surface area contributed by atoms with Gasteiger partial charge in [0.2, 0.25) is 0 Å². The summed E-state index contributed by atoms with van der Waals surface area (Å²) in [6.45, 7) is 2.71. The number of rotatable bonds is 9. The highest BCUT2D eigenvalue weighted by Gasteiger charge is 2.47. The van der Waals surface area contributed by atoms with Crippen LogP contribution in [0.2, 0.25) is 0 Å². The molecule has 0 saturated carbocycles. The largest absolute Gasteiger partial charge is 0.507 e. The van der Waals surface area contributed by atoms with Crippen molar-refractivity contribution < 1.29 is 28.9 Å². The fourth-order valence-corrected chi connectivity index (χ4v) is 4.18. The summed E-state index contributed by atoms with van der Waals surface area (Å²) in [7, 11) is 3.04. The first-order chi connectivity index (χ1) is 17.5. The molecule has 1 fully saturated rings. The van der Waals surface area contributed by atoms with Crippen LogP contribution in [-0.2, 0) is 16.1 Å². The van der Waals surface area contributed by atoms with Crippen molar-refractivity contribution in [2.45, 2.75) is 25.9 Å². The zero-order valence-corrected chi connectivity index (χ0v) is 20.4. The maximum atomic E-state index is 13.3. The van der Waals surface area contributed by atoms with Crippen molar-refractivity contribution in [3.8, 4) is 17.2 Å². The van der Waals surface area contributed by atoms with E-state index < -0.39 is 17.7 Å². The number of pyridine rings is 1. The number of ketones is 1. The molecule has 1 amide bonds. The summed E-state index contributed by atoms with van der Waals surface area (Å²) in [5.74, 6) is -0.128. The van der Waals surface area contributed by atoms with Gasteiger partial charge in [0.05, 0.1) is 32.4 Å². The van der Waals surface area contributed by atoms with Gasteiger partial charge in [0.1, 0.15) is 23.0 Å². The van der Waals surface area contributed by atoms with Gasteiger partial charge in [0.25, 0.3) is 11.7 Å². The maximum Gasteiger partial charge on any atom is 0.295 e. The van der Waals surface area contributed by atoms with Gasteiger partial charge < -0.3 is 24.2 Å². The maximum absolute atomic E-state index is 13.3. The fraction of sp³-hybridized carbons (Fsp3) is 0.250. The third kappa shape index (κ3) is 4.88. The molecule has 2 heterocycles. The van der Waals surface area contributed by atoms with Crippen molar-refractivity contribution >= 4 is 17.4 Å². The zero-order chi connectivity index (χ0) is 25.7. The van der Waals surface area contributed by atoms with Crippen LogP contribution in [0.1, 0.15) is 36.1 Å². The van der Waals surface area contributed by atoms with Crippen molar-refractivity contribution in [2.24, 2.45) is 0 Å². The van der Waals surface area contributed by atoms with Crippen molar-refractivity contribution in [2.75, 3.05) is 20.8 Å². The van der Waals surface area contributed by atoms with Crippen LogP contribution in [0.25, 0.3) is 5.76 Å². The quantitative estimate of drug-likeness (QED) is 0.269. The Hall–Kier alpha value is -4.33. The van der Waals surface area contributed by atoms with Crippen LogP contribution in [-0.4, -0.2) is 47.5 Å². The lowest BCUT2D eigenvalue weighted by Gasteiger charge is -2.26. The fourth-order valence-electron chi connectivity index (χ4n) is 4.18. The molecule has 2 aromatic carbocycles. The van der Waals surface area contributed by atoms with Gasteiger partial charge in [-0.15, -0.1) is 0 Å². The Kier molecular flexibility index (Phi) is 7.53. The second kappa shape index (κ2) is 10.9. The highest BCUT2D eigenvalue weighted by atomic mass is 16.5. The molecule has 36 heavy (non-hydrogen) atoms. The van der Waals surface area contributed by atoms with E-state index in [0.29, 0.717) is 35.0 Å². The van der Waals surface area contributed by atoms with Gasteiger partial charge in [-0.25, -0.2) is 0 Å². The minimum Gasteiger partial charge on any atom is -0.507 e. The van der Waals surface area contributed by atoms with E-state index in [1.165, 1.54) is 19.1 Å². The minimum atomic E-state index is -0.887. The van der Waals surface area contributed by atoms with E-state index in [1.54, 1.807) is 60.9 Å². The molecule has 0 radical (unpaired) electrons. The molecular formula is C28H28N2O6. The summed E-state index contributed by atoms with van der Waals surface area (Å²) in [6.07, 6.45) is 4.14. The molecule has 0 bridgehead atoms. The van der Waals surface area contributed by atoms with Crippen LogP contribution in [0.15, 0.2) is 72.6 Å². The number of likely N-dealkylation sites (tertiary alicyclic amines) is 1. The first-order valence-electron chi connectivity index (χ1n) is 11.6. The van der Waals surface area contributed by atoms with Gasteiger partial charge in [-0.2, -0.15) is 0 Å². The van der Waals surface area contributed by atoms with Crippen LogP contribution in [0.3, 0.4) is 0 Å². The first kappa shape index (κ1) is 24.8. The van der Waals surface area contributed by atoms with Gasteiger partial charge in [-0.3, -0.25) is 14.6 Å². The number of benzene rings is 2. The number of carbonyl (C=O) groups is 2. The van der Waals surface area contributed by atoms with Gasteiger partial charge >= 0.3 is 0 Å². The number of amides is 1. The summed E-state index contributed by atoms with van der Waals surface area (Å²) < 4.78 is 16.5. The van der Waals surface area contributed by atoms with Crippen LogP contribution < -0.4 is 14.2 Å². The average Bonchev–Trinajstić information content (AvgIpc) is 3.16. The molecule has 4 rings (SSSR count). The summed E-state index contributed by atoms with van der Waals surface area (Å²) in [5, 5.41) is 11.3. The Labute approximate surface area is 209 Å². The lowest BCUT2D eigenvalue weighted by molar-refractivity contribution is -0.140. The Balaban J connectivity index is 1.84. The topological polar surface area (TPSA) is 98.2 Å². The van der Waals surface area contributed by atoms with E-state index in [9.17, 15) is 14.7 Å². The molecule has 1 N–H and O–H groups in total. The van der Waals surface area contributed by atoms with Crippen LogP contribution >= 0.6 is 0 Å². The summed E-state index contributed by atoms with van der Waals surface area (Å²) >= 11 is 0. The number of carbonyl (C=O) groups excluding carboxylic acids is 2. The number of hydrogen-bond acceptors (Lipinski definition) is 7. The van der Waals surface area contributed by atoms with Crippen molar-refractivity contribution in [3.63, 3.8) is 0 Å². The monoisotopic (exact) mass is 488 g/mol. The molecule has 8 nitrogen and oxygen atoms in total. The number of nitrogens with zero attached hydrogens (tertiary/aromatic N) is 2. The van der Waals surface area contributed by atoms with E-state index >= 15 is 0 Å². The number of aromatic nitrogens is 1. The number of aliphatic hydroxyl groups excluding tert-OH is 1. The van der Waals surface area contributed by atoms with E-state index in [2.05, 4.69) is 4.98 Å². The third-order valence-electron chi connectivity index (χ3n) is 5.95. The molecule has 1 aliphatic heterocycles. The smallest absolute Gasteiger partial charge is 0.295 e. The average molecular weight is 489 g/mol. The highest BCUT2D eigenvalue weighted by molar-refractivity contribution is 6.46. The molecule has 0 spiro atoms. The zero-order valence-electron chi connectivity index (χ0n) is 20.4. The number of Topliss-reactive ketones (excluding diaryl/α,β-unsaturated/α-hetero) is 1. The predicted octanol–water partition coefficient (Wildman–Crippen LogP) is 4.51. The van der Waals surface area contributed by atoms with Crippen molar-refractivity contribution in [1.82, 2.24) is 9.88 Å². The molecule has 1 atom stereocenters. The van der Waals surface area contributed by atoms with E-state index in [0.717, 1.165) is 12.0 Å². The molecule has 1 aromatic heterocycles. The van der Waals surface area contributed by atoms with E-state index in [1.807, 2.05) is 13.0 Å². The molecule has 0 aliphatic carbocycles. The molecule has 1 saturated heterocycles. The lowest BCUT2D eigenvalue weighted by atomic mass is 9.94. The summed E-state index contributed by atoms with van der Waals surface area (Å²) in [5.41, 5.74) is 1.67. The lowest BCUT2D eigenvalue weighted by Crippen LogP contribution is -2.29. The first-order valence-corrected chi connectivity index (χ1v) is 11.6. The molecule has 186 valence electrons.